The van der Waals surface area contributed by atoms with Gasteiger partial charge in [0.05, 0.1) is 11.4 Å². The van der Waals surface area contributed by atoms with Crippen LogP contribution in [0, 0.1) is 5.41 Å². The molecule has 2 aromatic rings. The van der Waals surface area contributed by atoms with Crippen LogP contribution in [0.5, 0.6) is 0 Å². The third-order valence-corrected chi connectivity index (χ3v) is 10.5. The number of piperidine rings is 1. The SMILES string of the molecule is CC(C)(C)OC(=O)N1CCC(=O)c2cc(CBr)ccc21.CC(C)(C)OC(=O)N1CCC(=O)c2cc(CN3CCCC4(CCCCC4)C3)ccc21. The molecule has 4 aliphatic rings. The Kier molecular flexibility index (Phi) is 11.8. The molecule has 1 aliphatic carbocycles. The normalized spacial score (nSPS) is 19.3. The van der Waals surface area contributed by atoms with Gasteiger partial charge in [0.2, 0.25) is 0 Å². The molecule has 0 radical (unpaired) electrons. The summed E-state index contributed by atoms with van der Waals surface area (Å²) in [6.45, 7) is 15.0. The quantitative estimate of drug-likeness (QED) is 0.288. The largest absolute Gasteiger partial charge is 0.443 e. The second kappa shape index (κ2) is 15.6. The number of nitrogens with zero attached hydrogens (tertiary/aromatic N) is 3. The van der Waals surface area contributed by atoms with Gasteiger partial charge in [-0.1, -0.05) is 47.3 Å². The Morgan fingerprint density at radius 1 is 0.700 bits per heavy atom. The first-order valence-electron chi connectivity index (χ1n) is 18.2. The lowest BCUT2D eigenvalue weighted by Crippen LogP contribution is -2.44. The highest BCUT2D eigenvalue weighted by Crippen LogP contribution is 2.43. The van der Waals surface area contributed by atoms with Crippen molar-refractivity contribution in [2.45, 2.75) is 122 Å². The Balaban J connectivity index is 0.000000211. The maximum Gasteiger partial charge on any atom is 0.414 e. The molecule has 2 aromatic carbocycles. The molecule has 3 heterocycles. The number of anilines is 2. The average Bonchev–Trinajstić information content (AvgIpc) is 3.04. The van der Waals surface area contributed by atoms with Crippen LogP contribution in [0.3, 0.4) is 0 Å². The lowest BCUT2D eigenvalue weighted by Gasteiger charge is -2.45. The summed E-state index contributed by atoms with van der Waals surface area (Å²) in [5, 5.41) is 0.681. The smallest absolute Gasteiger partial charge is 0.414 e. The van der Waals surface area contributed by atoms with E-state index < -0.39 is 17.3 Å². The van der Waals surface area contributed by atoms with Gasteiger partial charge in [-0.15, -0.1) is 0 Å². The van der Waals surface area contributed by atoms with E-state index in [0.29, 0.717) is 59.2 Å². The molecule has 0 atom stereocenters. The molecule has 10 heteroatoms. The van der Waals surface area contributed by atoms with Crippen LogP contribution in [0.25, 0.3) is 0 Å². The highest BCUT2D eigenvalue weighted by molar-refractivity contribution is 9.08. The van der Waals surface area contributed by atoms with Gasteiger partial charge in [0.25, 0.3) is 0 Å². The Labute approximate surface area is 306 Å². The number of hydrogen-bond acceptors (Lipinski definition) is 7. The second-order valence-electron chi connectivity index (χ2n) is 16.3. The van der Waals surface area contributed by atoms with Crippen LogP contribution in [0.4, 0.5) is 21.0 Å². The van der Waals surface area contributed by atoms with E-state index in [0.717, 1.165) is 18.7 Å². The van der Waals surface area contributed by atoms with Crippen LogP contribution >= 0.6 is 15.9 Å². The van der Waals surface area contributed by atoms with Gasteiger partial charge in [-0.25, -0.2) is 9.59 Å². The zero-order valence-electron chi connectivity index (χ0n) is 30.7. The number of Topliss-reactive ketones (excluding diaryl/α,β-unsaturated/α-hetero) is 2. The van der Waals surface area contributed by atoms with Crippen molar-refractivity contribution in [1.82, 2.24) is 4.90 Å². The van der Waals surface area contributed by atoms with Crippen molar-refractivity contribution in [3.8, 4) is 0 Å². The molecule has 0 N–H and O–H groups in total. The topological polar surface area (TPSA) is 96.5 Å². The summed E-state index contributed by atoms with van der Waals surface area (Å²) >= 11 is 3.37. The highest BCUT2D eigenvalue weighted by atomic mass is 79.9. The molecule has 3 aliphatic heterocycles. The molecule has 0 bridgehead atoms. The number of carbonyl (C=O) groups is 4. The number of ketones is 2. The van der Waals surface area contributed by atoms with Gasteiger partial charge in [-0.3, -0.25) is 24.3 Å². The van der Waals surface area contributed by atoms with E-state index >= 15 is 0 Å². The molecule has 2 amide bonds. The van der Waals surface area contributed by atoms with Crippen LogP contribution in [-0.4, -0.2) is 66.0 Å². The average molecular weight is 753 g/mol. The number of carbonyl (C=O) groups excluding carboxylic acids is 4. The standard InChI is InChI=1S/C25H36N2O3.C15H18BrNO3/c1-24(2,3)30-23(29)27-15-10-22(28)20-16-19(8-9-21(20)27)17-26-14-7-13-25(18-26)11-5-4-6-12-25;1-15(2,3)20-14(19)17-7-6-13(18)11-8-10(9-16)4-5-12(11)17/h8-9,16H,4-7,10-15,17-18H2,1-3H3;4-5,8H,6-7,9H2,1-3H3. The predicted molar refractivity (Wildman–Crippen MR) is 201 cm³/mol. The Morgan fingerprint density at radius 2 is 1.18 bits per heavy atom. The minimum atomic E-state index is -0.554. The van der Waals surface area contributed by atoms with Gasteiger partial charge in [-0.05, 0) is 115 Å². The maximum absolute atomic E-state index is 12.6. The Bertz CT molecular complexity index is 1580. The number of amides is 2. The van der Waals surface area contributed by atoms with Gasteiger partial charge >= 0.3 is 12.2 Å². The van der Waals surface area contributed by atoms with Crippen LogP contribution in [0.1, 0.15) is 131 Å². The second-order valence-corrected chi connectivity index (χ2v) is 16.9. The van der Waals surface area contributed by atoms with E-state index in [2.05, 4.69) is 26.9 Å². The number of halogens is 1. The Hall–Kier alpha value is -3.24. The van der Waals surface area contributed by atoms with Gasteiger partial charge in [-0.2, -0.15) is 0 Å². The molecule has 1 saturated heterocycles. The van der Waals surface area contributed by atoms with Crippen molar-refractivity contribution in [2.24, 2.45) is 5.41 Å². The van der Waals surface area contributed by atoms with Crippen LogP contribution in [0.2, 0.25) is 0 Å². The maximum atomic E-state index is 12.6. The van der Waals surface area contributed by atoms with Gasteiger partial charge in [0.1, 0.15) is 11.2 Å². The zero-order valence-corrected chi connectivity index (χ0v) is 32.3. The fourth-order valence-electron chi connectivity index (χ4n) is 7.63. The molecular formula is C40H54BrN3O6. The third-order valence-electron chi connectivity index (χ3n) is 9.87. The number of ether oxygens (including phenoxy) is 2. The number of likely N-dealkylation sites (tertiary alicyclic amines) is 1. The van der Waals surface area contributed by atoms with Crippen molar-refractivity contribution in [3.63, 3.8) is 0 Å². The molecule has 1 saturated carbocycles. The van der Waals surface area contributed by atoms with Crippen molar-refractivity contribution in [3.05, 3.63) is 58.7 Å². The summed E-state index contributed by atoms with van der Waals surface area (Å²) in [6, 6.07) is 11.6. The van der Waals surface area contributed by atoms with E-state index in [1.54, 1.807) is 9.80 Å². The van der Waals surface area contributed by atoms with E-state index in [1.807, 2.05) is 71.9 Å². The first kappa shape index (κ1) is 38.0. The van der Waals surface area contributed by atoms with Gasteiger partial charge in [0, 0.05) is 55.5 Å². The number of hydrogen-bond donors (Lipinski definition) is 0. The van der Waals surface area contributed by atoms with E-state index in [1.165, 1.54) is 57.1 Å². The monoisotopic (exact) mass is 751 g/mol. The van der Waals surface area contributed by atoms with Crippen molar-refractivity contribution < 1.29 is 28.7 Å². The van der Waals surface area contributed by atoms with Gasteiger partial charge in [0.15, 0.2) is 11.6 Å². The summed E-state index contributed by atoms with van der Waals surface area (Å²) < 4.78 is 10.9. The first-order valence-corrected chi connectivity index (χ1v) is 19.3. The summed E-state index contributed by atoms with van der Waals surface area (Å²) in [7, 11) is 0. The molecule has 50 heavy (non-hydrogen) atoms. The lowest BCUT2D eigenvalue weighted by molar-refractivity contribution is 0.0493. The first-order chi connectivity index (χ1) is 23.6. The number of rotatable bonds is 3. The summed E-state index contributed by atoms with van der Waals surface area (Å²) in [5.74, 6) is 0.191. The zero-order chi connectivity index (χ0) is 36.3. The van der Waals surface area contributed by atoms with E-state index in [-0.39, 0.29) is 17.7 Å². The van der Waals surface area contributed by atoms with E-state index in [4.69, 9.17) is 9.47 Å². The van der Waals surface area contributed by atoms with Crippen molar-refractivity contribution in [1.29, 1.82) is 0 Å². The Morgan fingerprint density at radius 3 is 1.68 bits per heavy atom. The number of alkyl halides is 1. The molecule has 6 rings (SSSR count). The van der Waals surface area contributed by atoms with Crippen LogP contribution in [0.15, 0.2) is 36.4 Å². The molecule has 0 aromatic heterocycles. The molecule has 1 spiro atoms. The summed E-state index contributed by atoms with van der Waals surface area (Å²) in [5.41, 5.74) is 4.19. The molecule has 272 valence electrons. The van der Waals surface area contributed by atoms with Crippen molar-refractivity contribution >= 4 is 51.1 Å². The van der Waals surface area contributed by atoms with Crippen LogP contribution < -0.4 is 9.80 Å². The summed E-state index contributed by atoms with van der Waals surface area (Å²) in [6.07, 6.45) is 9.44. The summed E-state index contributed by atoms with van der Waals surface area (Å²) in [4.78, 5) is 55.2. The molecule has 0 unspecified atom stereocenters. The number of fused-ring (bicyclic) bond motifs is 2. The minimum absolute atomic E-state index is 0.0719. The minimum Gasteiger partial charge on any atom is -0.443 e. The molecular weight excluding hydrogens is 698 g/mol. The number of benzene rings is 2. The third kappa shape index (κ3) is 9.55. The highest BCUT2D eigenvalue weighted by Gasteiger charge is 2.37. The van der Waals surface area contributed by atoms with Crippen molar-refractivity contribution in [2.75, 3.05) is 36.0 Å². The fourth-order valence-corrected chi connectivity index (χ4v) is 7.98. The predicted octanol–water partition coefficient (Wildman–Crippen LogP) is 9.47. The van der Waals surface area contributed by atoms with Crippen LogP contribution in [-0.2, 0) is 21.3 Å². The fraction of sp³-hybridized carbons (Fsp3) is 0.600. The van der Waals surface area contributed by atoms with E-state index in [9.17, 15) is 19.2 Å². The van der Waals surface area contributed by atoms with Gasteiger partial charge < -0.3 is 9.47 Å². The lowest BCUT2D eigenvalue weighted by atomic mass is 9.69. The molecule has 9 nitrogen and oxygen atoms in total. The molecule has 2 fully saturated rings.